The zero-order valence-corrected chi connectivity index (χ0v) is 14.9. The largest absolute Gasteiger partial charge is 0.321 e. The minimum Gasteiger partial charge on any atom is -0.321 e. The topological polar surface area (TPSA) is 67.2 Å². The van der Waals surface area contributed by atoms with Crippen LogP contribution >= 0.6 is 22.9 Å². The molecule has 7 heteroatoms. The minimum absolute atomic E-state index is 0.247. The number of rotatable bonds is 3. The summed E-state index contributed by atoms with van der Waals surface area (Å²) in [5.41, 5.74) is 6.51. The van der Waals surface area contributed by atoms with E-state index in [0.29, 0.717) is 22.8 Å². The van der Waals surface area contributed by atoms with Crippen LogP contribution in [-0.4, -0.2) is 21.6 Å². The average molecular weight is 369 g/mol. The molecule has 1 N–H and O–H groups in total. The average Bonchev–Trinajstić information content (AvgIpc) is 3.25. The van der Waals surface area contributed by atoms with Gasteiger partial charge in [0.1, 0.15) is 5.69 Å². The Morgan fingerprint density at radius 3 is 2.96 bits per heavy atom. The molecule has 124 valence electrons. The number of hydrogen-bond acceptors (Lipinski definition) is 5. The van der Waals surface area contributed by atoms with E-state index in [1.54, 1.807) is 29.2 Å². The van der Waals surface area contributed by atoms with Crippen molar-refractivity contribution in [2.75, 3.05) is 5.32 Å². The molecule has 0 radical (unpaired) electrons. The molecule has 3 heterocycles. The number of aliphatic imine (C=N–C) groups is 1. The number of amides is 1. The lowest BCUT2D eigenvalue weighted by molar-refractivity contribution is 0.102. The number of halogens is 1. The molecule has 0 saturated heterocycles. The summed E-state index contributed by atoms with van der Waals surface area (Å²) in [4.78, 5) is 25.1. The second kappa shape index (κ2) is 6.38. The van der Waals surface area contributed by atoms with Gasteiger partial charge < -0.3 is 5.32 Å². The van der Waals surface area contributed by atoms with Crippen molar-refractivity contribution < 1.29 is 4.79 Å². The highest BCUT2D eigenvalue weighted by atomic mass is 35.5. The number of carbonyl (C=O) groups excluding carboxylic acids is 1. The summed E-state index contributed by atoms with van der Waals surface area (Å²) in [7, 11) is 0. The predicted molar refractivity (Wildman–Crippen MR) is 100 cm³/mol. The lowest BCUT2D eigenvalue weighted by atomic mass is 10.0. The molecule has 1 amide bonds. The second-order valence-electron chi connectivity index (χ2n) is 5.75. The lowest BCUT2D eigenvalue weighted by Gasteiger charge is -2.08. The fourth-order valence-corrected chi connectivity index (χ4v) is 3.46. The van der Waals surface area contributed by atoms with Crippen molar-refractivity contribution in [3.63, 3.8) is 0 Å². The van der Waals surface area contributed by atoms with Gasteiger partial charge in [-0.15, -0.1) is 11.3 Å². The normalized spacial score (nSPS) is 12.6. The van der Waals surface area contributed by atoms with E-state index in [1.165, 1.54) is 11.3 Å². The van der Waals surface area contributed by atoms with Crippen molar-refractivity contribution >= 4 is 46.1 Å². The number of benzene rings is 1. The third-order valence-corrected chi connectivity index (χ3v) is 4.79. The molecule has 0 atom stereocenters. The molecule has 25 heavy (non-hydrogen) atoms. The number of fused-ring (bicyclic) bond motifs is 1. The minimum atomic E-state index is -0.247. The Morgan fingerprint density at radius 1 is 1.28 bits per heavy atom. The van der Waals surface area contributed by atoms with E-state index in [0.717, 1.165) is 28.2 Å². The van der Waals surface area contributed by atoms with Crippen LogP contribution in [0.5, 0.6) is 0 Å². The van der Waals surface area contributed by atoms with Crippen molar-refractivity contribution in [2.24, 2.45) is 4.99 Å². The number of pyridine rings is 1. The Bertz CT molecular complexity index is 998. The van der Waals surface area contributed by atoms with E-state index in [4.69, 9.17) is 11.6 Å². The third kappa shape index (κ3) is 3.18. The number of nitrogens with zero attached hydrogens (tertiary/aromatic N) is 3. The zero-order valence-electron chi connectivity index (χ0n) is 13.3. The van der Waals surface area contributed by atoms with Gasteiger partial charge in [-0.1, -0.05) is 17.7 Å². The van der Waals surface area contributed by atoms with Gasteiger partial charge in [0.25, 0.3) is 5.91 Å². The highest BCUT2D eigenvalue weighted by molar-refractivity contribution is 7.07. The van der Waals surface area contributed by atoms with Crippen LogP contribution in [0.2, 0.25) is 5.02 Å². The molecule has 0 aliphatic carbocycles. The van der Waals surface area contributed by atoms with Crippen LogP contribution in [0.4, 0.5) is 11.5 Å². The number of thiazole rings is 1. The Hall–Kier alpha value is -2.57. The van der Waals surface area contributed by atoms with Crippen molar-refractivity contribution in [3.05, 3.63) is 68.8 Å². The van der Waals surface area contributed by atoms with E-state index >= 15 is 0 Å². The van der Waals surface area contributed by atoms with Crippen molar-refractivity contribution in [3.8, 4) is 0 Å². The predicted octanol–water partition coefficient (Wildman–Crippen LogP) is 4.43. The summed E-state index contributed by atoms with van der Waals surface area (Å²) in [6, 6.07) is 7.45. The van der Waals surface area contributed by atoms with Crippen molar-refractivity contribution in [1.29, 1.82) is 0 Å². The molecule has 0 unspecified atom stereocenters. The first-order valence-corrected chi connectivity index (χ1v) is 8.95. The van der Waals surface area contributed by atoms with Gasteiger partial charge in [-0.2, -0.15) is 0 Å². The molecule has 0 fully saturated rings. The monoisotopic (exact) mass is 368 g/mol. The van der Waals surface area contributed by atoms with Gasteiger partial charge >= 0.3 is 0 Å². The van der Waals surface area contributed by atoms with E-state index < -0.39 is 0 Å². The zero-order chi connectivity index (χ0) is 17.4. The van der Waals surface area contributed by atoms with E-state index in [-0.39, 0.29) is 5.91 Å². The molecule has 0 spiro atoms. The van der Waals surface area contributed by atoms with Gasteiger partial charge in [0.15, 0.2) is 5.82 Å². The molecule has 1 aliphatic rings. The SMILES string of the molecule is Cc1cnc2c(c1)CC(c1cc(NC(=O)c3cscn3)ccc1Cl)=N2. The van der Waals surface area contributed by atoms with Gasteiger partial charge in [-0.05, 0) is 30.7 Å². The number of anilines is 1. The van der Waals surface area contributed by atoms with Gasteiger partial charge in [-0.3, -0.25) is 4.79 Å². The van der Waals surface area contributed by atoms with Gasteiger partial charge in [0.05, 0.1) is 11.2 Å². The van der Waals surface area contributed by atoms with E-state index in [2.05, 4.69) is 26.3 Å². The molecule has 3 aromatic rings. The number of carbonyl (C=O) groups is 1. The second-order valence-corrected chi connectivity index (χ2v) is 6.88. The van der Waals surface area contributed by atoms with Crippen LogP contribution in [0, 0.1) is 6.92 Å². The summed E-state index contributed by atoms with van der Waals surface area (Å²) in [6.07, 6.45) is 2.48. The Kier molecular flexibility index (Phi) is 4.07. The maximum absolute atomic E-state index is 12.2. The maximum Gasteiger partial charge on any atom is 0.275 e. The van der Waals surface area contributed by atoms with Crippen molar-refractivity contribution in [1.82, 2.24) is 9.97 Å². The quantitative estimate of drug-likeness (QED) is 0.743. The standard InChI is InChI=1S/C18H13ClN4OS/c1-10-4-11-5-15(23-17(11)20-7-10)13-6-12(2-3-14(13)19)22-18(24)16-8-25-9-21-16/h2-4,6-9H,5H2,1H3,(H,22,24). The van der Waals surface area contributed by atoms with Crippen molar-refractivity contribution in [2.45, 2.75) is 13.3 Å². The van der Waals surface area contributed by atoms with Crippen LogP contribution in [-0.2, 0) is 6.42 Å². The van der Waals surface area contributed by atoms with Crippen LogP contribution in [0.1, 0.15) is 27.2 Å². The number of aryl methyl sites for hydroxylation is 1. The Balaban J connectivity index is 1.62. The first kappa shape index (κ1) is 15.9. The lowest BCUT2D eigenvalue weighted by Crippen LogP contribution is -2.13. The van der Waals surface area contributed by atoms with Crippen LogP contribution in [0.15, 0.2) is 46.3 Å². The highest BCUT2D eigenvalue weighted by Gasteiger charge is 2.20. The van der Waals surface area contributed by atoms with E-state index in [1.807, 2.05) is 13.0 Å². The molecule has 1 aliphatic heterocycles. The van der Waals surface area contributed by atoms with Crippen LogP contribution in [0.3, 0.4) is 0 Å². The summed E-state index contributed by atoms with van der Waals surface area (Å²) in [5, 5.41) is 5.14. The molecule has 1 aromatic carbocycles. The van der Waals surface area contributed by atoms with Gasteiger partial charge in [-0.25, -0.2) is 15.0 Å². The van der Waals surface area contributed by atoms with Crippen LogP contribution < -0.4 is 5.32 Å². The Morgan fingerprint density at radius 2 is 2.16 bits per heavy atom. The van der Waals surface area contributed by atoms with E-state index in [9.17, 15) is 4.79 Å². The molecule has 5 nitrogen and oxygen atoms in total. The fourth-order valence-electron chi connectivity index (χ4n) is 2.70. The summed E-state index contributed by atoms with van der Waals surface area (Å²) in [5.74, 6) is 0.483. The van der Waals surface area contributed by atoms with Gasteiger partial charge in [0, 0.05) is 39.8 Å². The molecule has 2 aromatic heterocycles. The highest BCUT2D eigenvalue weighted by Crippen LogP contribution is 2.31. The first-order chi connectivity index (χ1) is 12.1. The number of hydrogen-bond donors (Lipinski definition) is 1. The maximum atomic E-state index is 12.2. The van der Waals surface area contributed by atoms with Gasteiger partial charge in [0.2, 0.25) is 0 Å². The molecular weight excluding hydrogens is 356 g/mol. The number of aromatic nitrogens is 2. The molecule has 4 rings (SSSR count). The molecule has 0 bridgehead atoms. The Labute approximate surface area is 153 Å². The summed E-state index contributed by atoms with van der Waals surface area (Å²) >= 11 is 7.74. The van der Waals surface area contributed by atoms with Crippen LogP contribution in [0.25, 0.3) is 0 Å². The fraction of sp³-hybridized carbons (Fsp3) is 0.111. The summed E-state index contributed by atoms with van der Waals surface area (Å²) in [6.45, 7) is 2.01. The third-order valence-electron chi connectivity index (χ3n) is 3.88. The summed E-state index contributed by atoms with van der Waals surface area (Å²) < 4.78 is 0. The first-order valence-electron chi connectivity index (χ1n) is 7.63. The smallest absolute Gasteiger partial charge is 0.275 e. The molecular formula is C18H13ClN4OS. The molecule has 0 saturated carbocycles. The number of nitrogens with one attached hydrogen (secondary N) is 1.